The van der Waals surface area contributed by atoms with Gasteiger partial charge in [0.2, 0.25) is 10.0 Å². The van der Waals surface area contributed by atoms with Crippen molar-refractivity contribution in [3.63, 3.8) is 0 Å². The molecule has 0 amide bonds. The van der Waals surface area contributed by atoms with E-state index < -0.39 is 10.0 Å². The lowest BCUT2D eigenvalue weighted by Gasteiger charge is -2.32. The van der Waals surface area contributed by atoms with Crippen molar-refractivity contribution in [1.82, 2.24) is 0 Å². The smallest absolute Gasteiger partial charge is 0.238 e. The molecule has 0 spiro atoms. The maximum Gasteiger partial charge on any atom is 0.238 e. The quantitative estimate of drug-likeness (QED) is 0.946. The van der Waals surface area contributed by atoms with Gasteiger partial charge < -0.3 is 4.90 Å². The molecule has 2 aromatic carbocycles. The minimum Gasteiger partial charge on any atom is -0.367 e. The number of rotatable bonds is 3. The van der Waals surface area contributed by atoms with Gasteiger partial charge in [0.1, 0.15) is 0 Å². The van der Waals surface area contributed by atoms with E-state index in [0.717, 1.165) is 24.9 Å². The normalized spacial score (nSPS) is 14.7. The van der Waals surface area contributed by atoms with Crippen molar-refractivity contribution >= 4 is 15.7 Å². The molecule has 116 valence electrons. The highest BCUT2D eigenvalue weighted by molar-refractivity contribution is 7.89. The lowest BCUT2D eigenvalue weighted by molar-refractivity contribution is 0.595. The third-order valence-electron chi connectivity index (χ3n) is 4.10. The maximum absolute atomic E-state index is 11.8. The fourth-order valence-corrected chi connectivity index (χ4v) is 3.81. The fraction of sp³-hybridized carbons (Fsp3) is 0.294. The van der Waals surface area contributed by atoms with E-state index in [1.165, 1.54) is 16.8 Å². The molecule has 0 bridgehead atoms. The topological polar surface area (TPSA) is 63.4 Å². The number of anilines is 1. The van der Waals surface area contributed by atoms with E-state index >= 15 is 0 Å². The summed E-state index contributed by atoms with van der Waals surface area (Å²) in [4.78, 5) is 2.46. The summed E-state index contributed by atoms with van der Waals surface area (Å²) in [5, 5.41) is 5.34. The van der Waals surface area contributed by atoms with Crippen LogP contribution in [0.5, 0.6) is 0 Å². The van der Waals surface area contributed by atoms with E-state index in [-0.39, 0.29) is 4.90 Å². The average Bonchev–Trinajstić information content (AvgIpc) is 2.47. The van der Waals surface area contributed by atoms with E-state index in [2.05, 4.69) is 30.0 Å². The summed E-state index contributed by atoms with van der Waals surface area (Å²) in [5.74, 6) is 0. The van der Waals surface area contributed by atoms with E-state index in [9.17, 15) is 8.42 Å². The van der Waals surface area contributed by atoms with Crippen molar-refractivity contribution in [3.8, 4) is 0 Å². The second-order valence-corrected chi connectivity index (χ2v) is 7.34. The maximum atomic E-state index is 11.8. The molecule has 4 nitrogen and oxygen atoms in total. The molecular formula is C17H20N2O2S. The van der Waals surface area contributed by atoms with Gasteiger partial charge in [-0.25, -0.2) is 13.6 Å². The molecule has 5 heteroatoms. The molecule has 3 rings (SSSR count). The average molecular weight is 316 g/mol. The summed E-state index contributed by atoms with van der Waals surface area (Å²) in [6.45, 7) is 3.56. The first-order valence-corrected chi connectivity index (χ1v) is 8.95. The Kier molecular flexibility index (Phi) is 3.93. The molecule has 1 aliphatic rings. The van der Waals surface area contributed by atoms with Crippen LogP contribution in [0.15, 0.2) is 47.4 Å². The molecule has 0 aromatic heterocycles. The van der Waals surface area contributed by atoms with Crippen molar-refractivity contribution < 1.29 is 8.42 Å². The zero-order valence-corrected chi connectivity index (χ0v) is 13.4. The number of sulfonamides is 1. The third-order valence-corrected chi connectivity index (χ3v) is 5.11. The van der Waals surface area contributed by atoms with Crippen molar-refractivity contribution in [2.45, 2.75) is 31.2 Å². The zero-order valence-electron chi connectivity index (χ0n) is 12.6. The Balaban J connectivity index is 1.98. The molecule has 1 aliphatic heterocycles. The van der Waals surface area contributed by atoms with Crippen LogP contribution in [0.25, 0.3) is 0 Å². The Bertz CT molecular complexity index is 800. The van der Waals surface area contributed by atoms with Crippen LogP contribution >= 0.6 is 0 Å². The van der Waals surface area contributed by atoms with Crippen molar-refractivity contribution in [1.29, 1.82) is 0 Å². The lowest BCUT2D eigenvalue weighted by Crippen LogP contribution is -2.30. The summed E-state index contributed by atoms with van der Waals surface area (Å²) in [7, 11) is -3.70. The number of aryl methyl sites for hydroxylation is 2. The summed E-state index contributed by atoms with van der Waals surface area (Å²) in [5.41, 5.74) is 4.49. The molecule has 2 N–H and O–H groups in total. The molecule has 0 fully saturated rings. The summed E-state index contributed by atoms with van der Waals surface area (Å²) < 4.78 is 23.5. The number of nitrogens with zero attached hydrogens (tertiary/aromatic N) is 1. The molecule has 2 aromatic rings. The fourth-order valence-electron chi connectivity index (χ4n) is 3.04. The summed E-state index contributed by atoms with van der Waals surface area (Å²) in [6.07, 6.45) is 2.15. The van der Waals surface area contributed by atoms with E-state index in [0.29, 0.717) is 6.54 Å². The van der Waals surface area contributed by atoms with Crippen molar-refractivity contribution in [3.05, 3.63) is 59.2 Å². The second-order valence-electron chi connectivity index (χ2n) is 5.81. The van der Waals surface area contributed by atoms with Crippen molar-refractivity contribution in [2.24, 2.45) is 5.14 Å². The number of nitrogens with two attached hydrogens (primary N) is 1. The van der Waals surface area contributed by atoms with Gasteiger partial charge in [-0.05, 0) is 48.6 Å². The zero-order chi connectivity index (χ0) is 15.7. The number of benzene rings is 2. The number of hydrogen-bond donors (Lipinski definition) is 1. The van der Waals surface area contributed by atoms with E-state index in [4.69, 9.17) is 5.14 Å². The number of hydrogen-bond acceptors (Lipinski definition) is 3. The minimum absolute atomic E-state index is 0.217. The predicted molar refractivity (Wildman–Crippen MR) is 88.4 cm³/mol. The standard InChI is InChI=1S/C17H20N2O2S/c1-13-8-9-14-6-4-10-19(16(14)11-13)12-15-5-2-3-7-17(15)22(18,20)21/h2-3,5,7-9,11H,4,6,10,12H2,1H3,(H2,18,20,21). The largest absolute Gasteiger partial charge is 0.367 e. The first kappa shape index (κ1) is 15.1. The van der Waals surface area contributed by atoms with Gasteiger partial charge in [-0.15, -0.1) is 0 Å². The van der Waals surface area contributed by atoms with Gasteiger partial charge in [0, 0.05) is 18.8 Å². The monoisotopic (exact) mass is 316 g/mol. The molecule has 1 heterocycles. The molecule has 0 saturated carbocycles. The molecule has 0 aliphatic carbocycles. The first-order chi connectivity index (χ1) is 10.4. The van der Waals surface area contributed by atoms with Gasteiger partial charge in [-0.2, -0.15) is 0 Å². The predicted octanol–water partition coefficient (Wildman–Crippen LogP) is 2.60. The van der Waals surface area contributed by atoms with Crippen LogP contribution in [0.4, 0.5) is 5.69 Å². The van der Waals surface area contributed by atoms with Gasteiger partial charge in [-0.3, -0.25) is 0 Å². The van der Waals surface area contributed by atoms with Gasteiger partial charge in [0.25, 0.3) is 0 Å². The van der Waals surface area contributed by atoms with Gasteiger partial charge in [0.05, 0.1) is 4.90 Å². The molecular weight excluding hydrogens is 296 g/mol. The highest BCUT2D eigenvalue weighted by Crippen LogP contribution is 2.30. The summed E-state index contributed by atoms with van der Waals surface area (Å²) in [6, 6.07) is 13.4. The Morgan fingerprint density at radius 3 is 2.73 bits per heavy atom. The Morgan fingerprint density at radius 1 is 1.18 bits per heavy atom. The molecule has 0 unspecified atom stereocenters. The first-order valence-electron chi connectivity index (χ1n) is 7.40. The van der Waals surface area contributed by atoms with Crippen LogP contribution in [-0.4, -0.2) is 15.0 Å². The molecule has 0 radical (unpaired) electrons. The van der Waals surface area contributed by atoms with Crippen LogP contribution in [0.3, 0.4) is 0 Å². The van der Waals surface area contributed by atoms with E-state index in [1.807, 2.05) is 12.1 Å². The van der Waals surface area contributed by atoms with Gasteiger partial charge >= 0.3 is 0 Å². The number of fused-ring (bicyclic) bond motifs is 1. The number of primary sulfonamides is 1. The van der Waals surface area contributed by atoms with Crippen LogP contribution in [0.1, 0.15) is 23.1 Å². The SMILES string of the molecule is Cc1ccc2c(c1)N(Cc1ccccc1S(N)(=O)=O)CCC2. The van der Waals surface area contributed by atoms with Crippen LogP contribution in [0.2, 0.25) is 0 Å². The van der Waals surface area contributed by atoms with E-state index in [1.54, 1.807) is 12.1 Å². The Morgan fingerprint density at radius 2 is 1.95 bits per heavy atom. The molecule has 0 saturated heterocycles. The van der Waals surface area contributed by atoms with Crippen LogP contribution in [0, 0.1) is 6.92 Å². The minimum atomic E-state index is -3.70. The Labute approximate surface area is 131 Å². The highest BCUT2D eigenvalue weighted by atomic mass is 32.2. The van der Waals surface area contributed by atoms with Gasteiger partial charge in [-0.1, -0.05) is 30.3 Å². The van der Waals surface area contributed by atoms with Crippen molar-refractivity contribution in [2.75, 3.05) is 11.4 Å². The van der Waals surface area contributed by atoms with Gasteiger partial charge in [0.15, 0.2) is 0 Å². The third kappa shape index (κ3) is 3.00. The molecule has 0 atom stereocenters. The lowest BCUT2D eigenvalue weighted by atomic mass is 9.99. The Hall–Kier alpha value is -1.85. The molecule has 22 heavy (non-hydrogen) atoms. The second kappa shape index (κ2) is 5.74. The van der Waals surface area contributed by atoms with Crippen LogP contribution < -0.4 is 10.0 Å². The summed E-state index contributed by atoms with van der Waals surface area (Å²) >= 11 is 0. The van der Waals surface area contributed by atoms with Crippen LogP contribution in [-0.2, 0) is 23.0 Å². The highest BCUT2D eigenvalue weighted by Gasteiger charge is 2.20.